The fourth-order valence-electron chi connectivity index (χ4n) is 1.40. The molecule has 0 spiro atoms. The van der Waals surface area contributed by atoms with Crippen molar-refractivity contribution in [1.29, 1.82) is 0 Å². The zero-order chi connectivity index (χ0) is 12.3. The van der Waals surface area contributed by atoms with Crippen molar-refractivity contribution in [2.24, 2.45) is 0 Å². The van der Waals surface area contributed by atoms with Crippen molar-refractivity contribution in [3.8, 4) is 0 Å². The molecular weight excluding hydrogens is 234 g/mol. The molecule has 0 unspecified atom stereocenters. The normalized spacial score (nSPS) is 12.1. The lowest BCUT2D eigenvalue weighted by Crippen LogP contribution is -2.05. The molecule has 0 amide bonds. The Morgan fingerprint density at radius 1 is 1.06 bits per heavy atom. The number of benzene rings is 1. The van der Waals surface area contributed by atoms with Crippen molar-refractivity contribution in [3.63, 3.8) is 0 Å². The summed E-state index contributed by atoms with van der Waals surface area (Å²) in [6, 6.07) is 11.0. The quantitative estimate of drug-likeness (QED) is 0.836. The van der Waals surface area contributed by atoms with Gasteiger partial charge >= 0.3 is 0 Å². The second-order valence-corrected chi connectivity index (χ2v) is 5.50. The summed E-state index contributed by atoms with van der Waals surface area (Å²) in [5.74, 6) is 0. The molecule has 0 saturated heterocycles. The van der Waals surface area contributed by atoms with Crippen LogP contribution in [-0.4, -0.2) is 12.4 Å². The molecule has 2 aromatic rings. The van der Waals surface area contributed by atoms with Crippen LogP contribution in [0.3, 0.4) is 0 Å². The van der Waals surface area contributed by atoms with Gasteiger partial charge in [0, 0.05) is 12.4 Å². The minimum absolute atomic E-state index is 0.867. The van der Waals surface area contributed by atoms with E-state index in [1.165, 1.54) is 21.8 Å². The zero-order valence-corrected chi connectivity index (χ0v) is 10.3. The van der Waals surface area contributed by atoms with Crippen molar-refractivity contribution in [2.45, 2.75) is 6.92 Å². The molecule has 0 fully saturated rings. The molecule has 0 aliphatic heterocycles. The fraction of sp³-hybridized carbons (Fsp3) is 0.0769. The van der Waals surface area contributed by atoms with Gasteiger partial charge in [-0.1, -0.05) is 29.8 Å². The summed E-state index contributed by atoms with van der Waals surface area (Å²) in [5, 5.41) is 1.21. The van der Waals surface area contributed by atoms with Crippen LogP contribution in [0, 0.1) is 6.92 Å². The summed E-state index contributed by atoms with van der Waals surface area (Å²) in [6.07, 6.45) is 4.61. The predicted octanol–water partition coefficient (Wildman–Crippen LogP) is 2.65. The first-order chi connectivity index (χ1) is 8.08. The monoisotopic (exact) mass is 247 g/mol. The van der Waals surface area contributed by atoms with Crippen molar-refractivity contribution in [1.82, 2.24) is 3.97 Å². The third-order valence-electron chi connectivity index (χ3n) is 2.38. The topological polar surface area (TPSA) is 39.1 Å². The van der Waals surface area contributed by atoms with Gasteiger partial charge in [-0.05, 0) is 30.7 Å². The van der Waals surface area contributed by atoms with Gasteiger partial charge < -0.3 is 0 Å². The molecule has 17 heavy (non-hydrogen) atoms. The van der Waals surface area contributed by atoms with E-state index in [0.717, 1.165) is 11.1 Å². The average Bonchev–Trinajstić information content (AvgIpc) is 2.82. The second-order valence-electron chi connectivity index (χ2n) is 3.77. The second kappa shape index (κ2) is 4.59. The van der Waals surface area contributed by atoms with Crippen LogP contribution in [0.1, 0.15) is 11.1 Å². The van der Waals surface area contributed by atoms with Crippen LogP contribution >= 0.6 is 0 Å². The molecule has 4 heteroatoms. The molecule has 88 valence electrons. The molecule has 0 saturated carbocycles. The van der Waals surface area contributed by atoms with E-state index < -0.39 is 10.0 Å². The smallest absolute Gasteiger partial charge is 0.250 e. The van der Waals surface area contributed by atoms with Crippen LogP contribution in [0.4, 0.5) is 0 Å². The van der Waals surface area contributed by atoms with Crippen LogP contribution in [-0.2, 0) is 10.0 Å². The van der Waals surface area contributed by atoms with Gasteiger partial charge in [0.25, 0.3) is 10.0 Å². The number of aromatic nitrogens is 1. The third-order valence-corrected chi connectivity index (χ3v) is 3.69. The van der Waals surface area contributed by atoms with E-state index in [0.29, 0.717) is 0 Å². The van der Waals surface area contributed by atoms with Gasteiger partial charge in [-0.2, -0.15) is 0 Å². The Morgan fingerprint density at radius 3 is 2.24 bits per heavy atom. The first-order valence-electron chi connectivity index (χ1n) is 5.21. The molecule has 1 aromatic carbocycles. The van der Waals surface area contributed by atoms with E-state index in [-0.39, 0.29) is 0 Å². The maximum Gasteiger partial charge on any atom is 0.260 e. The number of nitrogens with zero attached hydrogens (tertiary/aromatic N) is 1. The SMILES string of the molecule is Cc1ccc(/C=C/S(=O)(=O)n2cccc2)cc1. The van der Waals surface area contributed by atoms with Crippen LogP contribution < -0.4 is 0 Å². The van der Waals surface area contributed by atoms with Crippen LogP contribution in [0.5, 0.6) is 0 Å². The highest BCUT2D eigenvalue weighted by Gasteiger charge is 2.05. The zero-order valence-electron chi connectivity index (χ0n) is 9.45. The van der Waals surface area contributed by atoms with E-state index in [1.807, 2.05) is 31.2 Å². The lowest BCUT2D eigenvalue weighted by molar-refractivity contribution is 0.597. The van der Waals surface area contributed by atoms with E-state index in [9.17, 15) is 8.42 Å². The number of hydrogen-bond acceptors (Lipinski definition) is 2. The molecule has 0 aliphatic carbocycles. The highest BCUT2D eigenvalue weighted by Crippen LogP contribution is 2.08. The summed E-state index contributed by atoms with van der Waals surface area (Å²) in [7, 11) is -3.39. The van der Waals surface area contributed by atoms with Crippen LogP contribution in [0.2, 0.25) is 0 Å². The summed E-state index contributed by atoms with van der Waals surface area (Å²) in [5.41, 5.74) is 2.02. The minimum Gasteiger partial charge on any atom is -0.250 e. The van der Waals surface area contributed by atoms with Gasteiger partial charge in [0.2, 0.25) is 0 Å². The first-order valence-corrected chi connectivity index (χ1v) is 6.71. The largest absolute Gasteiger partial charge is 0.260 e. The van der Waals surface area contributed by atoms with Crippen molar-refractivity contribution in [3.05, 3.63) is 65.3 Å². The van der Waals surface area contributed by atoms with Gasteiger partial charge in [0.15, 0.2) is 0 Å². The maximum absolute atomic E-state index is 11.8. The van der Waals surface area contributed by atoms with Crippen LogP contribution in [0.15, 0.2) is 54.2 Å². The molecule has 1 aromatic heterocycles. The highest BCUT2D eigenvalue weighted by atomic mass is 32.2. The molecule has 0 bridgehead atoms. The van der Waals surface area contributed by atoms with E-state index >= 15 is 0 Å². The molecule has 1 heterocycles. The number of rotatable bonds is 3. The lowest BCUT2D eigenvalue weighted by Gasteiger charge is -1.99. The van der Waals surface area contributed by atoms with Gasteiger partial charge in [-0.15, -0.1) is 0 Å². The molecule has 0 atom stereocenters. The first kappa shape index (κ1) is 11.7. The van der Waals surface area contributed by atoms with Gasteiger partial charge in [0.05, 0.1) is 5.41 Å². The minimum atomic E-state index is -3.39. The Kier molecular flexibility index (Phi) is 3.15. The standard InChI is InChI=1S/C13H13NO2S/c1-12-4-6-13(7-5-12)8-11-17(15,16)14-9-2-3-10-14/h2-11H,1H3/b11-8+. The van der Waals surface area contributed by atoms with E-state index in [1.54, 1.807) is 18.2 Å². The summed E-state index contributed by atoms with van der Waals surface area (Å²) >= 11 is 0. The molecule has 0 aliphatic rings. The average molecular weight is 247 g/mol. The molecule has 2 rings (SSSR count). The summed E-state index contributed by atoms with van der Waals surface area (Å²) in [4.78, 5) is 0. The molecule has 0 N–H and O–H groups in total. The van der Waals surface area contributed by atoms with E-state index in [4.69, 9.17) is 0 Å². The maximum atomic E-state index is 11.8. The van der Waals surface area contributed by atoms with Gasteiger partial charge in [-0.25, -0.2) is 12.4 Å². The van der Waals surface area contributed by atoms with Crippen molar-refractivity contribution < 1.29 is 8.42 Å². The van der Waals surface area contributed by atoms with Crippen molar-refractivity contribution >= 4 is 16.1 Å². The van der Waals surface area contributed by atoms with Crippen LogP contribution in [0.25, 0.3) is 6.08 Å². The third kappa shape index (κ3) is 2.85. The number of hydrogen-bond donors (Lipinski definition) is 0. The van der Waals surface area contributed by atoms with Gasteiger partial charge in [-0.3, -0.25) is 0 Å². The predicted molar refractivity (Wildman–Crippen MR) is 69.0 cm³/mol. The summed E-state index contributed by atoms with van der Waals surface area (Å²) in [6.45, 7) is 1.99. The fourth-order valence-corrected chi connectivity index (χ4v) is 2.35. The Labute approximate surface area is 101 Å². The van der Waals surface area contributed by atoms with Gasteiger partial charge in [0.1, 0.15) is 0 Å². The number of aryl methyl sites for hydroxylation is 1. The molecule has 0 radical (unpaired) electrons. The highest BCUT2D eigenvalue weighted by molar-refractivity contribution is 7.92. The Morgan fingerprint density at radius 2 is 1.65 bits per heavy atom. The molecular formula is C13H13NO2S. The Hall–Kier alpha value is -1.81. The van der Waals surface area contributed by atoms with Crippen molar-refractivity contribution in [2.75, 3.05) is 0 Å². The lowest BCUT2D eigenvalue weighted by atomic mass is 10.2. The molecule has 3 nitrogen and oxygen atoms in total. The Bertz CT molecular complexity index is 608. The summed E-state index contributed by atoms with van der Waals surface area (Å²) < 4.78 is 24.8. The van der Waals surface area contributed by atoms with E-state index in [2.05, 4.69) is 0 Å². The Balaban J connectivity index is 2.24.